The number of nitro groups is 1. The van der Waals surface area contributed by atoms with Crippen LogP contribution in [-0.2, 0) is 0 Å². The number of aromatic nitrogens is 2. The van der Waals surface area contributed by atoms with Crippen molar-refractivity contribution < 1.29 is 10.0 Å². The van der Waals surface area contributed by atoms with E-state index in [1.54, 1.807) is 4.90 Å². The zero-order chi connectivity index (χ0) is 13.3. The number of hydrogen-bond acceptors (Lipinski definition) is 7. The molecule has 0 aromatic carbocycles. The van der Waals surface area contributed by atoms with E-state index in [1.165, 1.54) is 6.92 Å². The number of aliphatic hydroxyl groups excluding tert-OH is 1. The summed E-state index contributed by atoms with van der Waals surface area (Å²) in [5, 5.41) is 20.2. The van der Waals surface area contributed by atoms with Gasteiger partial charge in [-0.2, -0.15) is 4.98 Å². The van der Waals surface area contributed by atoms with Gasteiger partial charge in [-0.05, 0) is 19.8 Å². The van der Waals surface area contributed by atoms with E-state index in [0.717, 1.165) is 12.8 Å². The van der Waals surface area contributed by atoms with Crippen molar-refractivity contribution in [1.29, 1.82) is 0 Å². The van der Waals surface area contributed by atoms with Crippen LogP contribution in [0.5, 0.6) is 0 Å². The first kappa shape index (κ1) is 12.5. The molecular weight excluding hydrogens is 238 g/mol. The van der Waals surface area contributed by atoms with E-state index in [1.807, 2.05) is 0 Å². The van der Waals surface area contributed by atoms with Gasteiger partial charge in [-0.3, -0.25) is 10.1 Å². The van der Waals surface area contributed by atoms with Gasteiger partial charge < -0.3 is 15.7 Å². The van der Waals surface area contributed by atoms with Crippen molar-refractivity contribution >= 4 is 17.5 Å². The summed E-state index contributed by atoms with van der Waals surface area (Å²) < 4.78 is 0. The maximum absolute atomic E-state index is 11.1. The minimum absolute atomic E-state index is 0.0108. The lowest BCUT2D eigenvalue weighted by atomic mass is 10.3. The molecule has 3 N–H and O–H groups in total. The Kier molecular flexibility index (Phi) is 3.28. The van der Waals surface area contributed by atoms with Crippen molar-refractivity contribution in [2.75, 3.05) is 23.8 Å². The van der Waals surface area contributed by atoms with Crippen molar-refractivity contribution in [1.82, 2.24) is 9.97 Å². The molecule has 18 heavy (non-hydrogen) atoms. The topological polar surface area (TPSA) is 118 Å². The number of rotatable bonds is 5. The molecular formula is C10H15N5O3. The lowest BCUT2D eigenvalue weighted by Crippen LogP contribution is -2.31. The Morgan fingerprint density at radius 2 is 2.22 bits per heavy atom. The number of nitrogen functional groups attached to an aromatic ring is 1. The third-order valence-electron chi connectivity index (χ3n) is 2.84. The average molecular weight is 253 g/mol. The molecule has 1 heterocycles. The Morgan fingerprint density at radius 3 is 2.72 bits per heavy atom. The molecule has 0 unspecified atom stereocenters. The molecule has 98 valence electrons. The second-order valence-corrected chi connectivity index (χ2v) is 4.24. The molecule has 8 heteroatoms. The fourth-order valence-electron chi connectivity index (χ4n) is 1.94. The van der Waals surface area contributed by atoms with E-state index in [4.69, 9.17) is 10.8 Å². The predicted octanol–water partition coefficient (Wildman–Crippen LogP) is 0.237. The second kappa shape index (κ2) is 4.73. The van der Waals surface area contributed by atoms with Gasteiger partial charge in [0.15, 0.2) is 0 Å². The molecule has 1 aliphatic rings. The van der Waals surface area contributed by atoms with Crippen LogP contribution in [0.4, 0.5) is 17.5 Å². The molecule has 8 nitrogen and oxygen atoms in total. The fraction of sp³-hybridized carbons (Fsp3) is 0.600. The third-order valence-corrected chi connectivity index (χ3v) is 2.84. The van der Waals surface area contributed by atoms with Crippen LogP contribution < -0.4 is 10.6 Å². The minimum atomic E-state index is -0.503. The van der Waals surface area contributed by atoms with Crippen LogP contribution in [0.25, 0.3) is 0 Å². The normalized spacial score (nSPS) is 14.6. The standard InChI is InChI=1S/C10H15N5O3/c1-6-8(15(17)18)9(13-10(11)12-6)14(4-5-16)7-2-3-7/h7,16H,2-5H2,1H3,(H2,11,12,13). The average Bonchev–Trinajstić information content (AvgIpc) is 3.07. The summed E-state index contributed by atoms with van der Waals surface area (Å²) in [5.41, 5.74) is 5.66. The Balaban J connectivity index is 2.48. The van der Waals surface area contributed by atoms with Gasteiger partial charge >= 0.3 is 5.69 Å². The molecule has 0 amide bonds. The number of aliphatic hydroxyl groups is 1. The Morgan fingerprint density at radius 1 is 1.56 bits per heavy atom. The highest BCUT2D eigenvalue weighted by Crippen LogP contribution is 2.36. The highest BCUT2D eigenvalue weighted by molar-refractivity contribution is 5.63. The first-order chi connectivity index (χ1) is 8.54. The van der Waals surface area contributed by atoms with Gasteiger partial charge in [-0.25, -0.2) is 4.98 Å². The lowest BCUT2D eigenvalue weighted by molar-refractivity contribution is -0.385. The molecule has 0 bridgehead atoms. The van der Waals surface area contributed by atoms with E-state index in [9.17, 15) is 10.1 Å². The van der Waals surface area contributed by atoms with Crippen LogP contribution in [0.1, 0.15) is 18.5 Å². The van der Waals surface area contributed by atoms with Gasteiger partial charge in [0.05, 0.1) is 11.5 Å². The molecule has 0 saturated heterocycles. The lowest BCUT2D eigenvalue weighted by Gasteiger charge is -2.22. The summed E-state index contributed by atoms with van der Waals surface area (Å²) in [4.78, 5) is 20.1. The zero-order valence-electron chi connectivity index (χ0n) is 10.0. The van der Waals surface area contributed by atoms with Crippen molar-refractivity contribution in [3.63, 3.8) is 0 Å². The summed E-state index contributed by atoms with van der Waals surface area (Å²) in [5.74, 6) is 0.221. The van der Waals surface area contributed by atoms with Crippen LogP contribution in [0.3, 0.4) is 0 Å². The molecule has 1 fully saturated rings. The summed E-state index contributed by atoms with van der Waals surface area (Å²) in [6.45, 7) is 1.75. The van der Waals surface area contributed by atoms with Crippen molar-refractivity contribution in [2.24, 2.45) is 0 Å². The highest BCUT2D eigenvalue weighted by atomic mass is 16.6. The summed E-state index contributed by atoms with van der Waals surface area (Å²) in [6, 6.07) is 0.199. The third kappa shape index (κ3) is 2.33. The number of anilines is 2. The molecule has 1 aromatic rings. The van der Waals surface area contributed by atoms with Gasteiger partial charge in [0.2, 0.25) is 11.8 Å². The molecule has 0 aliphatic heterocycles. The van der Waals surface area contributed by atoms with E-state index in [0.29, 0.717) is 6.54 Å². The monoisotopic (exact) mass is 253 g/mol. The van der Waals surface area contributed by atoms with Gasteiger partial charge in [-0.15, -0.1) is 0 Å². The maximum atomic E-state index is 11.1. The fourth-order valence-corrected chi connectivity index (χ4v) is 1.94. The molecule has 0 spiro atoms. The molecule has 2 rings (SSSR count). The molecule has 1 aliphatic carbocycles. The van der Waals surface area contributed by atoms with Crippen LogP contribution >= 0.6 is 0 Å². The van der Waals surface area contributed by atoms with E-state index < -0.39 is 4.92 Å². The highest BCUT2D eigenvalue weighted by Gasteiger charge is 2.35. The van der Waals surface area contributed by atoms with Crippen molar-refractivity contribution in [2.45, 2.75) is 25.8 Å². The molecule has 0 radical (unpaired) electrons. The first-order valence-corrected chi connectivity index (χ1v) is 5.70. The Hall–Kier alpha value is -1.96. The molecule has 1 saturated carbocycles. The van der Waals surface area contributed by atoms with E-state index >= 15 is 0 Å². The summed E-state index contributed by atoms with van der Waals surface area (Å²) in [6.07, 6.45) is 1.89. The van der Waals surface area contributed by atoms with Crippen LogP contribution in [0, 0.1) is 17.0 Å². The SMILES string of the molecule is Cc1nc(N)nc(N(CCO)C2CC2)c1[N+](=O)[O-]. The van der Waals surface area contributed by atoms with E-state index in [-0.39, 0.29) is 35.8 Å². The van der Waals surface area contributed by atoms with Crippen LogP contribution in [0.2, 0.25) is 0 Å². The molecule has 1 aromatic heterocycles. The van der Waals surface area contributed by atoms with Crippen LogP contribution in [-0.4, -0.2) is 39.2 Å². The van der Waals surface area contributed by atoms with E-state index in [2.05, 4.69) is 9.97 Å². The van der Waals surface area contributed by atoms with Gasteiger partial charge in [0.1, 0.15) is 5.69 Å². The summed E-state index contributed by atoms with van der Waals surface area (Å²) >= 11 is 0. The molecule has 0 atom stereocenters. The maximum Gasteiger partial charge on any atom is 0.332 e. The Labute approximate surface area is 104 Å². The Bertz CT molecular complexity index is 475. The van der Waals surface area contributed by atoms with Crippen molar-refractivity contribution in [3.8, 4) is 0 Å². The predicted molar refractivity (Wildman–Crippen MR) is 65.3 cm³/mol. The minimum Gasteiger partial charge on any atom is -0.395 e. The van der Waals surface area contributed by atoms with Crippen LogP contribution in [0.15, 0.2) is 0 Å². The smallest absolute Gasteiger partial charge is 0.332 e. The van der Waals surface area contributed by atoms with Gasteiger partial charge in [0, 0.05) is 12.6 Å². The summed E-state index contributed by atoms with van der Waals surface area (Å²) in [7, 11) is 0. The quantitative estimate of drug-likeness (QED) is 0.569. The first-order valence-electron chi connectivity index (χ1n) is 5.70. The number of aryl methyl sites for hydroxylation is 1. The van der Waals surface area contributed by atoms with Gasteiger partial charge in [0.25, 0.3) is 0 Å². The van der Waals surface area contributed by atoms with Crippen molar-refractivity contribution in [3.05, 3.63) is 15.8 Å². The number of nitrogens with two attached hydrogens (primary N) is 1. The zero-order valence-corrected chi connectivity index (χ0v) is 10.0. The second-order valence-electron chi connectivity index (χ2n) is 4.24. The number of nitrogens with zero attached hydrogens (tertiary/aromatic N) is 4. The van der Waals surface area contributed by atoms with Gasteiger partial charge in [-0.1, -0.05) is 0 Å². The number of hydrogen-bond donors (Lipinski definition) is 2. The largest absolute Gasteiger partial charge is 0.395 e.